The van der Waals surface area contributed by atoms with Gasteiger partial charge in [0.2, 0.25) is 57.7 Å². The van der Waals surface area contributed by atoms with Crippen LogP contribution in [0.2, 0.25) is 0 Å². The van der Waals surface area contributed by atoms with Gasteiger partial charge in [-0.3, -0.25) is 43.1 Å². The fourth-order valence-electron chi connectivity index (χ4n) is 23.8. The number of ketones is 1. The molecule has 3 aromatic heterocycles. The second-order valence-electron chi connectivity index (χ2n) is 48.4. The van der Waals surface area contributed by atoms with Crippen LogP contribution in [0.1, 0.15) is 308 Å². The first-order valence-electron chi connectivity index (χ1n) is 54.2. The number of methoxy groups -OCH3 is 3. The smallest absolute Gasteiger partial charge is 0.329 e. The van der Waals surface area contributed by atoms with E-state index >= 15 is 0 Å². The summed E-state index contributed by atoms with van der Waals surface area (Å²) in [6.07, 6.45) is 15.4. The number of benzene rings is 3. The molecule has 0 radical (unpaired) electrons. The molecule has 9 heterocycles. The number of nitrogens with one attached hydrogen (secondary N) is 1. The molecule has 5 aliphatic carbocycles. The number of aryl methyl sites for hydroxylation is 3. The second-order valence-corrected chi connectivity index (χ2v) is 50.6. The third-order valence-electron chi connectivity index (χ3n) is 33.4. The van der Waals surface area contributed by atoms with Crippen LogP contribution in [-0.2, 0) is 96.2 Å². The summed E-state index contributed by atoms with van der Waals surface area (Å²) in [5.41, 5.74) is 1.34. The number of amides is 4. The van der Waals surface area contributed by atoms with Crippen molar-refractivity contribution in [3.05, 3.63) is 71.7 Å². The first kappa shape index (κ1) is 112. The number of nitrogens with zero attached hydrogens (tertiary/aromatic N) is 9. The Morgan fingerprint density at radius 3 is 1.09 bits per heavy atom. The van der Waals surface area contributed by atoms with Crippen LogP contribution >= 0.6 is 0 Å². The molecule has 3 saturated heterocycles. The van der Waals surface area contributed by atoms with Crippen LogP contribution in [0.15, 0.2) is 54.6 Å². The third kappa shape index (κ3) is 26.1. The van der Waals surface area contributed by atoms with Gasteiger partial charge in [-0.2, -0.15) is 0 Å². The van der Waals surface area contributed by atoms with Crippen molar-refractivity contribution in [1.29, 1.82) is 0 Å². The standard InChI is InChI=1S/C43H58F2N4O9S.C37H53N3O7.C33H45N3O7/c1-24-34-23-49(36(24)32(50)22-43(21-28(43)37(44)45)40(53)48-59(54,55)42(5)17-18-42)39(52)27(41(2,3)4)20-35(51)57-33-14-10-12-25(33)11-8-7-9-13-30-38(58-34)47-31-19-26(56-6)15-16-29(31)46-30;1-22-30-21-40(32(22)35(43)47-37(5,6)7)34(42)25(36(2,3)4)20-31(41)45-29-16-12-14-23(29)13-10-9-11-15-27-33(46-30)39-28-19-24(44-8)17-18-26(28)38-27;1-19-27-18-36(29(19)32(39)40)31(38)22(33(2,3)4)17-28(37)42-26-13-9-11-20(26)10-7-6-8-12-24-30(43-27)35-25-16-21(41-5)14-15-23(25)34-24/h15-16,19,24-25,27-28,33-34,36-37H,7-14,17-18,20-23H2,1-6H3,(H,48,53);17-19,22-23,25,29-30,32H,9-16,20-21H2,1-8H3;14-16,19-20,22,26-27,29H,6-13,17-18H2,1-5H3,(H,39,40)/t24-,25-,27-,28+,33-,34+,36+,43-;22-,23-,25-,29-,30+,32+;19-,20-,22-,26-,27+,29+/m111/s1. The number of alkyl halides is 2. The normalized spacial score (nSPS) is 29.7. The minimum Gasteiger partial charge on any atom is -0.497 e. The fraction of sp³-hybridized carbons (Fsp3) is 0.699. The van der Waals surface area contributed by atoms with E-state index in [1.54, 1.807) is 58.3 Å². The zero-order valence-electron chi connectivity index (χ0n) is 90.4. The molecule has 33 nitrogen and oxygen atoms in total. The Hall–Kier alpha value is -10.8. The lowest BCUT2D eigenvalue weighted by atomic mass is 9.77. The van der Waals surface area contributed by atoms with Crippen molar-refractivity contribution in [2.45, 2.75) is 381 Å². The SMILES string of the molecule is COc1ccc2nc3c(nc2c1)O[C@H]1CN(C(=O)[C@H](C(C)(C)C)CC(=O)O[C@@H]2CCC[C@H]2CCCCC3)[C@H](C(=O)C[C@]2(C(=O)NS(=O)(=O)C3(C)CC3)C[C@H]2C(F)F)[C@@H]1C.COc1ccc2nc3c(nc2c1)O[C@H]1CN(C(=O)[C@H](C(C)(C)C)CC(=O)O[C@@H]2CCC[C@H]2CCCCC3)[C@H](C(=O)O)[C@@H]1C.COc1ccc2nc3c(nc2c1)O[C@H]1CN(C(=O)[C@H](C(C)(C)C)CC(=O)O[C@@H]2CCC[C@H]2CCCCC3)[C@H](C(=O)OC(C)(C)C)[C@@H]1C. The number of carbonyl (C=O) groups excluding carboxylic acids is 9. The molecule has 17 rings (SSSR count). The van der Waals surface area contributed by atoms with Crippen molar-refractivity contribution in [2.75, 3.05) is 41.0 Å². The van der Waals surface area contributed by atoms with Gasteiger partial charge in [-0.05, 0) is 233 Å². The fourth-order valence-corrected chi connectivity index (χ4v) is 25.2. The van der Waals surface area contributed by atoms with Gasteiger partial charge in [-0.25, -0.2) is 56.7 Å². The topological polar surface area (TPSA) is 416 Å². The second kappa shape index (κ2) is 46.0. The Bertz CT molecular complexity index is 6040. The maximum atomic E-state index is 15.0. The monoisotopic (exact) mass is 2090 g/mol. The number of aromatic nitrogens is 6. The molecule has 6 aromatic rings. The Balaban J connectivity index is 0.000000170. The number of carboxylic acids is 1. The lowest BCUT2D eigenvalue weighted by Crippen LogP contribution is -2.50. The van der Waals surface area contributed by atoms with E-state index in [9.17, 15) is 70.3 Å². The summed E-state index contributed by atoms with van der Waals surface area (Å²) < 4.78 is 116. The van der Waals surface area contributed by atoms with Crippen molar-refractivity contribution in [2.24, 2.45) is 80.8 Å². The van der Waals surface area contributed by atoms with Gasteiger partial charge in [-0.15, -0.1) is 0 Å². The first-order chi connectivity index (χ1) is 70.4. The number of Topliss-reactive ketones (excluding diaryl/α,β-unsaturated/α-hetero) is 1. The maximum absolute atomic E-state index is 15.0. The summed E-state index contributed by atoms with van der Waals surface area (Å²) in [7, 11) is 0.557. The molecule has 4 amide bonds. The summed E-state index contributed by atoms with van der Waals surface area (Å²) in [4.78, 5) is 173. The van der Waals surface area contributed by atoms with Crippen molar-refractivity contribution < 1.29 is 118 Å². The van der Waals surface area contributed by atoms with Crippen molar-refractivity contribution in [1.82, 2.24) is 49.3 Å². The number of hydrogen-bond donors (Lipinski definition) is 2. The molecule has 36 heteroatoms. The summed E-state index contributed by atoms with van der Waals surface area (Å²) in [6, 6.07) is 13.2. The number of hydrogen-bond acceptors (Lipinski definition) is 28. The molecule has 6 aliphatic heterocycles. The molecule has 11 aliphatic rings. The van der Waals surface area contributed by atoms with Crippen LogP contribution < -0.4 is 33.1 Å². The summed E-state index contributed by atoms with van der Waals surface area (Å²) in [6.45, 7) is 29.5. The number of sulfonamides is 1. The number of aliphatic carboxylic acids is 1. The Morgan fingerprint density at radius 1 is 0.443 bits per heavy atom. The van der Waals surface area contributed by atoms with E-state index in [1.165, 1.54) is 16.7 Å². The lowest BCUT2D eigenvalue weighted by Gasteiger charge is -2.35. The molecule has 2 N–H and O–H groups in total. The molecule has 5 saturated carbocycles. The van der Waals surface area contributed by atoms with Crippen LogP contribution in [0.5, 0.6) is 34.9 Å². The highest BCUT2D eigenvalue weighted by Crippen LogP contribution is 2.60. The number of ether oxygens (including phenoxy) is 10. The quantitative estimate of drug-likeness (QED) is 0.0848. The Morgan fingerprint density at radius 2 is 0.772 bits per heavy atom. The van der Waals surface area contributed by atoms with E-state index in [2.05, 4.69) is 0 Å². The average molecular weight is 2090 g/mol. The highest BCUT2D eigenvalue weighted by atomic mass is 32.2. The van der Waals surface area contributed by atoms with E-state index in [4.69, 9.17) is 77.3 Å². The van der Waals surface area contributed by atoms with Gasteiger partial charge < -0.3 is 67.2 Å². The summed E-state index contributed by atoms with van der Waals surface area (Å²) in [5.74, 6) is -7.63. The number of carboxylic acid groups (broad SMARTS) is 1. The van der Waals surface area contributed by atoms with Crippen LogP contribution in [0, 0.1) is 80.8 Å². The molecule has 8 fully saturated rings. The Labute approximate surface area is 874 Å². The molecule has 3 aromatic carbocycles. The van der Waals surface area contributed by atoms with Crippen LogP contribution in [0.3, 0.4) is 0 Å². The number of fused-ring (bicyclic) bond motifs is 15. The van der Waals surface area contributed by atoms with Crippen molar-refractivity contribution >= 4 is 102 Å². The van der Waals surface area contributed by atoms with E-state index in [1.807, 2.05) is 131 Å². The Kier molecular flexibility index (Phi) is 34.7. The van der Waals surface area contributed by atoms with Gasteiger partial charge >= 0.3 is 29.8 Å². The lowest BCUT2D eigenvalue weighted by molar-refractivity contribution is -0.167. The number of halogens is 2. The van der Waals surface area contributed by atoms with E-state index < -0.39 is 168 Å². The van der Waals surface area contributed by atoms with E-state index in [0.29, 0.717) is 101 Å². The zero-order valence-corrected chi connectivity index (χ0v) is 91.2. The minimum atomic E-state index is -4.19. The number of esters is 4. The van der Waals surface area contributed by atoms with Crippen molar-refractivity contribution in [3.63, 3.8) is 0 Å². The first-order valence-corrected chi connectivity index (χ1v) is 55.7. The largest absolute Gasteiger partial charge is 0.497 e. The zero-order chi connectivity index (χ0) is 108. The van der Waals surface area contributed by atoms with Crippen LogP contribution in [0.25, 0.3) is 33.1 Å². The van der Waals surface area contributed by atoms with Gasteiger partial charge in [0.15, 0.2) is 5.78 Å². The van der Waals surface area contributed by atoms with Gasteiger partial charge in [0.05, 0.1) is 127 Å². The van der Waals surface area contributed by atoms with Gasteiger partial charge in [0.25, 0.3) is 0 Å². The third-order valence-corrected chi connectivity index (χ3v) is 35.6. The van der Waals surface area contributed by atoms with Gasteiger partial charge in [-0.1, -0.05) is 122 Å². The highest BCUT2D eigenvalue weighted by molar-refractivity contribution is 7.91. The van der Waals surface area contributed by atoms with Crippen LogP contribution in [0.4, 0.5) is 8.78 Å². The van der Waals surface area contributed by atoms with Crippen molar-refractivity contribution in [3.8, 4) is 34.9 Å². The summed E-state index contributed by atoms with van der Waals surface area (Å²) >= 11 is 0. The van der Waals surface area contributed by atoms with Crippen LogP contribution in [-0.4, -0.2) is 230 Å². The maximum Gasteiger partial charge on any atom is 0.329 e. The van der Waals surface area contributed by atoms with E-state index in [-0.39, 0.29) is 99.2 Å². The predicted molar refractivity (Wildman–Crippen MR) is 551 cm³/mol. The molecule has 20 atom stereocenters. The average Bonchev–Trinajstić information content (AvgIpc) is 1.55. The highest BCUT2D eigenvalue weighted by Gasteiger charge is 2.68. The minimum absolute atomic E-state index is 0.0505. The van der Waals surface area contributed by atoms with Gasteiger partial charge in [0, 0.05) is 48.3 Å². The van der Waals surface area contributed by atoms with Gasteiger partial charge in [0.1, 0.15) is 88.6 Å². The molecular weight excluding hydrogens is 1940 g/mol. The van der Waals surface area contributed by atoms with E-state index in [0.717, 1.165) is 157 Å². The number of rotatable bonds is 12. The summed E-state index contributed by atoms with van der Waals surface area (Å²) in [5, 5.41) is 10.3. The molecule has 816 valence electrons. The molecular formula is C113H156F2N10O23S. The molecule has 0 spiro atoms. The molecule has 149 heavy (non-hydrogen) atoms. The predicted octanol–water partition coefficient (Wildman–Crippen LogP) is 18.0. The molecule has 0 unspecified atom stereocenters. The number of carbonyl (C=O) groups is 10. The molecule has 6 bridgehead atoms.